The largest absolute Gasteiger partial charge is 0.508 e. The first-order valence-corrected chi connectivity index (χ1v) is 6.10. The molecule has 0 unspecified atom stereocenters. The third kappa shape index (κ3) is 3.21. The van der Waals surface area contributed by atoms with Crippen LogP contribution in [-0.2, 0) is 0 Å². The minimum atomic E-state index is -0.898. The highest BCUT2D eigenvalue weighted by Gasteiger charge is 2.20. The van der Waals surface area contributed by atoms with Crippen LogP contribution in [0.15, 0.2) is 42.5 Å². The number of phenols is 3. The highest BCUT2D eigenvalue weighted by Crippen LogP contribution is 2.36. The first kappa shape index (κ1) is 15.0. The van der Waals surface area contributed by atoms with Crippen molar-refractivity contribution in [3.8, 4) is 17.2 Å². The number of phenolic OH excluding ortho intramolecular Hbond substituents is 3. The van der Waals surface area contributed by atoms with Gasteiger partial charge in [0.05, 0.1) is 4.92 Å². The van der Waals surface area contributed by atoms with E-state index in [1.165, 1.54) is 18.2 Å². The Morgan fingerprint density at radius 3 is 2.50 bits per heavy atom. The fourth-order valence-corrected chi connectivity index (χ4v) is 1.78. The van der Waals surface area contributed by atoms with E-state index < -0.39 is 27.9 Å². The van der Waals surface area contributed by atoms with Crippen LogP contribution in [0.3, 0.4) is 0 Å². The fraction of sp³-hybridized carbons (Fsp3) is 0. The highest BCUT2D eigenvalue weighted by molar-refractivity contribution is 6.07. The van der Waals surface area contributed by atoms with Gasteiger partial charge in [0.1, 0.15) is 5.75 Å². The number of benzene rings is 2. The summed E-state index contributed by atoms with van der Waals surface area (Å²) < 4.78 is 0. The second kappa shape index (κ2) is 5.96. The normalized spacial score (nSPS) is 10.7. The zero-order valence-corrected chi connectivity index (χ0v) is 11.1. The van der Waals surface area contributed by atoms with Crippen LogP contribution in [0.4, 0.5) is 5.69 Å². The van der Waals surface area contributed by atoms with Crippen LogP contribution >= 0.6 is 0 Å². The number of carbonyl (C=O) groups excluding carboxylic acids is 1. The van der Waals surface area contributed by atoms with Crippen LogP contribution in [0.2, 0.25) is 0 Å². The third-order valence-electron chi connectivity index (χ3n) is 2.85. The van der Waals surface area contributed by atoms with Crippen molar-refractivity contribution in [3.63, 3.8) is 0 Å². The maximum Gasteiger partial charge on any atom is 0.315 e. The predicted molar refractivity (Wildman–Crippen MR) is 77.9 cm³/mol. The summed E-state index contributed by atoms with van der Waals surface area (Å²) in [6.45, 7) is 0. The van der Waals surface area contributed by atoms with E-state index in [4.69, 9.17) is 0 Å². The van der Waals surface area contributed by atoms with Gasteiger partial charge in [-0.1, -0.05) is 18.2 Å². The maximum absolute atomic E-state index is 12.0. The Bertz CT molecular complexity index is 782. The van der Waals surface area contributed by atoms with Crippen molar-refractivity contribution < 1.29 is 25.0 Å². The highest BCUT2D eigenvalue weighted by atomic mass is 16.6. The Kier molecular flexibility index (Phi) is 4.08. The van der Waals surface area contributed by atoms with Crippen molar-refractivity contribution in [2.24, 2.45) is 0 Å². The molecule has 0 fully saturated rings. The molecule has 0 aliphatic carbocycles. The number of allylic oxidation sites excluding steroid dienone is 1. The zero-order chi connectivity index (χ0) is 16.3. The summed E-state index contributed by atoms with van der Waals surface area (Å²) in [7, 11) is 0. The molecular weight excluding hydrogens is 290 g/mol. The Morgan fingerprint density at radius 1 is 1.14 bits per heavy atom. The number of nitrogens with zero attached hydrogens (tertiary/aromatic N) is 1. The predicted octanol–water partition coefficient (Wildman–Crippen LogP) is 2.61. The monoisotopic (exact) mass is 301 g/mol. The molecule has 0 amide bonds. The van der Waals surface area contributed by atoms with Crippen molar-refractivity contribution in [2.75, 3.05) is 0 Å². The SMILES string of the molecule is O=C(/C=C/c1cccc(O)c1)c1cc(O)c(O)c([N+](=O)[O-])c1. The van der Waals surface area contributed by atoms with Gasteiger partial charge in [-0.3, -0.25) is 14.9 Å². The second-order valence-corrected chi connectivity index (χ2v) is 4.41. The van der Waals surface area contributed by atoms with Crippen molar-refractivity contribution >= 4 is 17.5 Å². The lowest BCUT2D eigenvalue weighted by molar-refractivity contribution is -0.386. The van der Waals surface area contributed by atoms with Crippen LogP contribution in [0.5, 0.6) is 17.2 Å². The van der Waals surface area contributed by atoms with Crippen LogP contribution in [0.25, 0.3) is 6.08 Å². The van der Waals surface area contributed by atoms with Gasteiger partial charge in [-0.05, 0) is 29.8 Å². The summed E-state index contributed by atoms with van der Waals surface area (Å²) in [4.78, 5) is 21.8. The van der Waals surface area contributed by atoms with E-state index in [1.54, 1.807) is 12.1 Å². The molecule has 0 aliphatic rings. The number of ketones is 1. The van der Waals surface area contributed by atoms with Crippen molar-refractivity contribution in [3.05, 3.63) is 63.7 Å². The molecule has 112 valence electrons. The molecular formula is C15H11NO6. The molecule has 0 saturated heterocycles. The zero-order valence-electron chi connectivity index (χ0n) is 11.1. The van der Waals surface area contributed by atoms with Crippen LogP contribution < -0.4 is 0 Å². The molecule has 3 N–H and O–H groups in total. The van der Waals surface area contributed by atoms with Crippen molar-refractivity contribution in [1.29, 1.82) is 0 Å². The van der Waals surface area contributed by atoms with Gasteiger partial charge in [-0.15, -0.1) is 0 Å². The quantitative estimate of drug-likeness (QED) is 0.262. The number of rotatable bonds is 4. The van der Waals surface area contributed by atoms with Gasteiger partial charge in [0.2, 0.25) is 5.75 Å². The van der Waals surface area contributed by atoms with E-state index in [9.17, 15) is 30.2 Å². The minimum absolute atomic E-state index is 0.0347. The molecule has 0 atom stereocenters. The Hall–Kier alpha value is -3.35. The number of nitro groups is 1. The molecule has 7 heteroatoms. The molecule has 7 nitrogen and oxygen atoms in total. The fourth-order valence-electron chi connectivity index (χ4n) is 1.78. The number of hydrogen-bond donors (Lipinski definition) is 3. The minimum Gasteiger partial charge on any atom is -0.508 e. The first-order valence-electron chi connectivity index (χ1n) is 6.10. The second-order valence-electron chi connectivity index (χ2n) is 4.41. The molecule has 0 spiro atoms. The summed E-state index contributed by atoms with van der Waals surface area (Å²) in [5.74, 6) is -2.20. The summed E-state index contributed by atoms with van der Waals surface area (Å²) in [6.07, 6.45) is 2.56. The van der Waals surface area contributed by atoms with Crippen molar-refractivity contribution in [1.82, 2.24) is 0 Å². The number of carbonyl (C=O) groups is 1. The molecule has 0 saturated carbocycles. The average Bonchev–Trinajstić information content (AvgIpc) is 2.47. The smallest absolute Gasteiger partial charge is 0.315 e. The van der Waals surface area contributed by atoms with E-state index in [0.29, 0.717) is 5.56 Å². The molecule has 2 aromatic carbocycles. The first-order chi connectivity index (χ1) is 10.4. The molecule has 2 aromatic rings. The van der Waals surface area contributed by atoms with Crippen molar-refractivity contribution in [2.45, 2.75) is 0 Å². The number of nitro benzene ring substituents is 1. The van der Waals surface area contributed by atoms with Gasteiger partial charge in [0.25, 0.3) is 0 Å². The molecule has 22 heavy (non-hydrogen) atoms. The van der Waals surface area contributed by atoms with Crippen LogP contribution in [0, 0.1) is 10.1 Å². The summed E-state index contributed by atoms with van der Waals surface area (Å²) in [5.41, 5.74) is -0.335. The van der Waals surface area contributed by atoms with E-state index in [2.05, 4.69) is 0 Å². The van der Waals surface area contributed by atoms with Gasteiger partial charge in [0, 0.05) is 11.6 Å². The van der Waals surface area contributed by atoms with E-state index >= 15 is 0 Å². The molecule has 0 heterocycles. The number of hydrogen-bond acceptors (Lipinski definition) is 6. The topological polar surface area (TPSA) is 121 Å². The van der Waals surface area contributed by atoms with E-state index in [1.807, 2.05) is 0 Å². The lowest BCUT2D eigenvalue weighted by atomic mass is 10.1. The van der Waals surface area contributed by atoms with Crippen LogP contribution in [0.1, 0.15) is 15.9 Å². The summed E-state index contributed by atoms with van der Waals surface area (Å²) >= 11 is 0. The molecule has 0 bridgehead atoms. The van der Waals surface area contributed by atoms with E-state index in [0.717, 1.165) is 18.2 Å². The number of aromatic hydroxyl groups is 3. The summed E-state index contributed by atoms with van der Waals surface area (Å²) in [6, 6.07) is 7.97. The molecule has 2 rings (SSSR count). The third-order valence-corrected chi connectivity index (χ3v) is 2.85. The van der Waals surface area contributed by atoms with Gasteiger partial charge < -0.3 is 15.3 Å². The van der Waals surface area contributed by atoms with E-state index in [-0.39, 0.29) is 11.3 Å². The lowest BCUT2D eigenvalue weighted by Crippen LogP contribution is -1.97. The van der Waals surface area contributed by atoms with Crippen LogP contribution in [-0.4, -0.2) is 26.0 Å². The molecule has 0 radical (unpaired) electrons. The van der Waals surface area contributed by atoms with Gasteiger partial charge >= 0.3 is 5.69 Å². The van der Waals surface area contributed by atoms with Gasteiger partial charge in [0.15, 0.2) is 11.5 Å². The standard InChI is InChI=1S/C15H11NO6/c17-11-3-1-2-9(6-11)4-5-13(18)10-7-12(16(21)22)15(20)14(19)8-10/h1-8,17,19-20H/b5-4+. The van der Waals surface area contributed by atoms with Gasteiger partial charge in [-0.2, -0.15) is 0 Å². The Balaban J connectivity index is 2.32. The molecule has 0 aromatic heterocycles. The average molecular weight is 301 g/mol. The lowest BCUT2D eigenvalue weighted by Gasteiger charge is -2.02. The maximum atomic E-state index is 12.0. The summed E-state index contributed by atoms with van der Waals surface area (Å²) in [5, 5.41) is 38.8. The van der Waals surface area contributed by atoms with Gasteiger partial charge in [-0.25, -0.2) is 0 Å². The molecule has 0 aliphatic heterocycles. The Labute approximate surface area is 124 Å². The Morgan fingerprint density at radius 2 is 1.86 bits per heavy atom.